The van der Waals surface area contributed by atoms with Crippen molar-refractivity contribution in [2.24, 2.45) is 5.92 Å². The Kier molecular flexibility index (Phi) is 6.81. The quantitative estimate of drug-likeness (QED) is 0.610. The summed E-state index contributed by atoms with van der Waals surface area (Å²) in [6.45, 7) is -0.312. The molecule has 166 valence electrons. The summed E-state index contributed by atoms with van der Waals surface area (Å²) in [4.78, 5) is 24.3. The van der Waals surface area contributed by atoms with Crippen LogP contribution in [0.3, 0.4) is 0 Å². The van der Waals surface area contributed by atoms with Crippen molar-refractivity contribution >= 4 is 33.2 Å². The van der Waals surface area contributed by atoms with E-state index >= 15 is 0 Å². The van der Waals surface area contributed by atoms with E-state index < -0.39 is 15.9 Å². The average molecular weight is 448 g/mol. The van der Waals surface area contributed by atoms with Gasteiger partial charge in [-0.15, -0.1) is 0 Å². The first-order valence-electron chi connectivity index (χ1n) is 9.65. The predicted octanol–water partition coefficient (Wildman–Crippen LogP) is 2.31. The van der Waals surface area contributed by atoms with E-state index in [0.29, 0.717) is 17.2 Å². The summed E-state index contributed by atoms with van der Waals surface area (Å²) < 4.78 is 36.5. The molecule has 1 aliphatic rings. The Hall–Kier alpha value is -3.11. The summed E-state index contributed by atoms with van der Waals surface area (Å²) in [5.41, 5.74) is 0.808. The molecule has 1 aliphatic carbocycles. The van der Waals surface area contributed by atoms with Gasteiger partial charge in [0.05, 0.1) is 17.7 Å². The van der Waals surface area contributed by atoms with Gasteiger partial charge in [0.15, 0.2) is 6.61 Å². The Balaban J connectivity index is 1.65. The van der Waals surface area contributed by atoms with Gasteiger partial charge in [0.25, 0.3) is 5.91 Å². The monoisotopic (exact) mass is 447 g/mol. The second-order valence-corrected chi connectivity index (χ2v) is 9.43. The molecule has 0 spiro atoms. The van der Waals surface area contributed by atoms with E-state index in [1.807, 2.05) is 0 Å². The molecule has 0 radical (unpaired) electrons. The van der Waals surface area contributed by atoms with E-state index in [2.05, 4.69) is 10.6 Å². The molecule has 0 bridgehead atoms. The Morgan fingerprint density at radius 1 is 1.10 bits per heavy atom. The topological polar surface area (TPSA) is 114 Å². The molecular formula is C21H25N3O6S. The lowest BCUT2D eigenvalue weighted by atomic mass is 10.3. The standard InChI is InChI=1S/C21H25N3O6S/c1-24(2)31(27,28)17-9-10-19(29-3)18(12-17)23-20(25)13-30-16-6-4-5-15(11-16)22-21(26)14-7-8-14/h4-6,9-12,14H,7-8,13H2,1-3H3,(H,22,26)(H,23,25). The van der Waals surface area contributed by atoms with Gasteiger partial charge in [-0.3, -0.25) is 9.59 Å². The van der Waals surface area contributed by atoms with E-state index in [1.165, 1.54) is 39.4 Å². The van der Waals surface area contributed by atoms with Crippen molar-refractivity contribution < 1.29 is 27.5 Å². The first kappa shape index (κ1) is 22.6. The number of carbonyl (C=O) groups excluding carboxylic acids is 2. The second-order valence-electron chi connectivity index (χ2n) is 7.28. The van der Waals surface area contributed by atoms with Gasteiger partial charge < -0.3 is 20.1 Å². The highest BCUT2D eigenvalue weighted by atomic mass is 32.2. The Morgan fingerprint density at radius 2 is 1.84 bits per heavy atom. The maximum Gasteiger partial charge on any atom is 0.262 e. The first-order chi connectivity index (χ1) is 14.7. The first-order valence-corrected chi connectivity index (χ1v) is 11.1. The van der Waals surface area contributed by atoms with Crippen molar-refractivity contribution in [3.8, 4) is 11.5 Å². The number of hydrogen-bond donors (Lipinski definition) is 2. The molecule has 2 N–H and O–H groups in total. The summed E-state index contributed by atoms with van der Waals surface area (Å²) in [5, 5.41) is 5.43. The van der Waals surface area contributed by atoms with Gasteiger partial charge >= 0.3 is 0 Å². The molecule has 0 aliphatic heterocycles. The van der Waals surface area contributed by atoms with Crippen LogP contribution in [-0.2, 0) is 19.6 Å². The molecule has 10 heteroatoms. The number of benzene rings is 2. The molecule has 31 heavy (non-hydrogen) atoms. The summed E-state index contributed by atoms with van der Waals surface area (Å²) in [6.07, 6.45) is 1.81. The van der Waals surface area contributed by atoms with Crippen molar-refractivity contribution in [1.82, 2.24) is 4.31 Å². The van der Waals surface area contributed by atoms with E-state index in [1.54, 1.807) is 24.3 Å². The van der Waals surface area contributed by atoms with Gasteiger partial charge in [0.2, 0.25) is 15.9 Å². The van der Waals surface area contributed by atoms with Crippen molar-refractivity contribution in [3.63, 3.8) is 0 Å². The van der Waals surface area contributed by atoms with Crippen LogP contribution in [0.25, 0.3) is 0 Å². The van der Waals surface area contributed by atoms with Gasteiger partial charge in [0.1, 0.15) is 11.5 Å². The molecule has 2 aromatic rings. The van der Waals surface area contributed by atoms with Gasteiger partial charge in [-0.2, -0.15) is 0 Å². The molecule has 3 rings (SSSR count). The van der Waals surface area contributed by atoms with Crippen LogP contribution < -0.4 is 20.1 Å². The van der Waals surface area contributed by atoms with Crippen LogP contribution in [0, 0.1) is 5.92 Å². The molecule has 9 nitrogen and oxygen atoms in total. The fourth-order valence-corrected chi connectivity index (χ4v) is 3.67. The van der Waals surface area contributed by atoms with Gasteiger partial charge in [-0.25, -0.2) is 12.7 Å². The SMILES string of the molecule is COc1ccc(S(=O)(=O)N(C)C)cc1NC(=O)COc1cccc(NC(=O)C2CC2)c1. The lowest BCUT2D eigenvalue weighted by Crippen LogP contribution is -2.23. The lowest BCUT2D eigenvalue weighted by molar-refractivity contribution is -0.118. The smallest absolute Gasteiger partial charge is 0.262 e. The highest BCUT2D eigenvalue weighted by Crippen LogP contribution is 2.31. The molecule has 0 unspecified atom stereocenters. The summed E-state index contributed by atoms with van der Waals surface area (Å²) in [7, 11) is 0.595. The number of hydrogen-bond acceptors (Lipinski definition) is 6. The number of nitrogens with one attached hydrogen (secondary N) is 2. The van der Waals surface area contributed by atoms with Crippen LogP contribution in [0.2, 0.25) is 0 Å². The van der Waals surface area contributed by atoms with Gasteiger partial charge in [-0.1, -0.05) is 6.07 Å². The maximum atomic E-state index is 12.4. The molecule has 0 saturated heterocycles. The fourth-order valence-electron chi connectivity index (χ4n) is 2.74. The van der Waals surface area contributed by atoms with Crippen LogP contribution in [0.4, 0.5) is 11.4 Å². The molecule has 0 aromatic heterocycles. The van der Waals surface area contributed by atoms with Gasteiger partial charge in [-0.05, 0) is 43.2 Å². The van der Waals surface area contributed by atoms with Crippen LogP contribution >= 0.6 is 0 Å². The number of methoxy groups -OCH3 is 1. The molecule has 0 heterocycles. The molecular weight excluding hydrogens is 422 g/mol. The minimum Gasteiger partial charge on any atom is -0.495 e. The maximum absolute atomic E-state index is 12.4. The van der Waals surface area contributed by atoms with Crippen molar-refractivity contribution in [2.45, 2.75) is 17.7 Å². The van der Waals surface area contributed by atoms with E-state index in [9.17, 15) is 18.0 Å². The zero-order valence-corrected chi connectivity index (χ0v) is 18.4. The molecule has 1 saturated carbocycles. The minimum absolute atomic E-state index is 0.0189. The van der Waals surface area contributed by atoms with Crippen molar-refractivity contribution in [1.29, 1.82) is 0 Å². The third-order valence-corrected chi connectivity index (χ3v) is 6.45. The summed E-state index contributed by atoms with van der Waals surface area (Å²) >= 11 is 0. The normalized spacial score (nSPS) is 13.5. The van der Waals surface area contributed by atoms with E-state index in [4.69, 9.17) is 9.47 Å². The second kappa shape index (κ2) is 9.36. The Morgan fingerprint density at radius 3 is 2.48 bits per heavy atom. The van der Waals surface area contributed by atoms with Crippen LogP contribution in [-0.4, -0.2) is 52.3 Å². The highest BCUT2D eigenvalue weighted by Gasteiger charge is 2.29. The lowest BCUT2D eigenvalue weighted by Gasteiger charge is -2.15. The Labute approximate surface area is 181 Å². The number of anilines is 2. The van der Waals surface area contributed by atoms with Crippen LogP contribution in [0.1, 0.15) is 12.8 Å². The van der Waals surface area contributed by atoms with Crippen molar-refractivity contribution in [2.75, 3.05) is 38.4 Å². The number of rotatable bonds is 9. The molecule has 1 fully saturated rings. The number of sulfonamides is 1. The molecule has 0 atom stereocenters. The Bertz CT molecular complexity index is 1080. The zero-order chi connectivity index (χ0) is 22.6. The summed E-state index contributed by atoms with van der Waals surface area (Å²) in [6, 6.07) is 11.0. The zero-order valence-electron chi connectivity index (χ0n) is 17.5. The third kappa shape index (κ3) is 5.74. The molecule has 2 aromatic carbocycles. The number of ether oxygens (including phenoxy) is 2. The fraction of sp³-hybridized carbons (Fsp3) is 0.333. The predicted molar refractivity (Wildman–Crippen MR) is 116 cm³/mol. The third-order valence-electron chi connectivity index (χ3n) is 4.64. The number of amides is 2. The highest BCUT2D eigenvalue weighted by molar-refractivity contribution is 7.89. The van der Waals surface area contributed by atoms with Crippen molar-refractivity contribution in [3.05, 3.63) is 42.5 Å². The minimum atomic E-state index is -3.67. The van der Waals surface area contributed by atoms with E-state index in [-0.39, 0.29) is 29.0 Å². The van der Waals surface area contributed by atoms with Gasteiger partial charge in [0, 0.05) is 31.8 Å². The molecule has 2 amide bonds. The average Bonchev–Trinajstić information content (AvgIpc) is 3.58. The number of carbonyl (C=O) groups is 2. The number of nitrogens with zero attached hydrogens (tertiary/aromatic N) is 1. The van der Waals surface area contributed by atoms with Crippen LogP contribution in [0.15, 0.2) is 47.4 Å². The largest absolute Gasteiger partial charge is 0.495 e. The van der Waals surface area contributed by atoms with Crippen LogP contribution in [0.5, 0.6) is 11.5 Å². The van der Waals surface area contributed by atoms with E-state index in [0.717, 1.165) is 17.1 Å². The summed E-state index contributed by atoms with van der Waals surface area (Å²) in [5.74, 6) is 0.299.